The molecule has 2 N–H and O–H groups in total. The van der Waals surface area contributed by atoms with E-state index < -0.39 is 0 Å². The Bertz CT molecular complexity index is 525. The Labute approximate surface area is 116 Å². The molecule has 0 spiro atoms. The summed E-state index contributed by atoms with van der Waals surface area (Å²) < 4.78 is 13.4. The number of anilines is 1. The molecule has 5 heteroatoms. The number of hydrogen-bond donors (Lipinski definition) is 1. The van der Waals surface area contributed by atoms with Crippen LogP contribution in [0.4, 0.5) is 10.1 Å². The second-order valence-electron chi connectivity index (χ2n) is 4.79. The van der Waals surface area contributed by atoms with Gasteiger partial charge in [-0.25, -0.2) is 9.37 Å². The zero-order valence-electron chi connectivity index (χ0n) is 11.1. The van der Waals surface area contributed by atoms with Gasteiger partial charge in [-0.15, -0.1) is 11.3 Å². The molecule has 1 unspecified atom stereocenters. The van der Waals surface area contributed by atoms with Gasteiger partial charge in [-0.2, -0.15) is 0 Å². The molecule has 2 aromatic rings. The van der Waals surface area contributed by atoms with E-state index >= 15 is 0 Å². The normalized spacial score (nSPS) is 12.4. The summed E-state index contributed by atoms with van der Waals surface area (Å²) in [5, 5.41) is 2.02. The summed E-state index contributed by atoms with van der Waals surface area (Å²) in [7, 11) is 1.98. The number of nitrogens with two attached hydrogens (primary N) is 1. The van der Waals surface area contributed by atoms with Gasteiger partial charge in [0.1, 0.15) is 5.82 Å². The van der Waals surface area contributed by atoms with Crippen molar-refractivity contribution in [1.82, 2.24) is 4.98 Å². The monoisotopic (exact) mass is 279 g/mol. The van der Waals surface area contributed by atoms with Crippen LogP contribution in [-0.4, -0.2) is 18.1 Å². The molecule has 2 rings (SSSR count). The fraction of sp³-hybridized carbons (Fsp3) is 0.357. The standard InChI is InChI=1S/C14H18FN3S/c1-10(16)5-11-6-12(15)3-4-14(11)18(2)7-13-8-19-9-17-13/h3-4,6,8-10H,5,7,16H2,1-2H3. The fourth-order valence-electron chi connectivity index (χ4n) is 2.08. The van der Waals surface area contributed by atoms with E-state index in [9.17, 15) is 4.39 Å². The maximum Gasteiger partial charge on any atom is 0.123 e. The summed E-state index contributed by atoms with van der Waals surface area (Å²) in [5.74, 6) is -0.221. The van der Waals surface area contributed by atoms with Crippen molar-refractivity contribution in [3.8, 4) is 0 Å². The summed E-state index contributed by atoms with van der Waals surface area (Å²) in [6.45, 7) is 2.64. The minimum Gasteiger partial charge on any atom is -0.368 e. The highest BCUT2D eigenvalue weighted by molar-refractivity contribution is 7.07. The van der Waals surface area contributed by atoms with Gasteiger partial charge in [0.2, 0.25) is 0 Å². The average Bonchev–Trinajstić information content (AvgIpc) is 2.80. The third-order valence-electron chi connectivity index (χ3n) is 2.88. The Hall–Kier alpha value is -1.46. The fourth-order valence-corrected chi connectivity index (χ4v) is 2.63. The van der Waals surface area contributed by atoms with Gasteiger partial charge in [-0.1, -0.05) is 0 Å². The van der Waals surface area contributed by atoms with Crippen LogP contribution in [0.2, 0.25) is 0 Å². The number of benzene rings is 1. The molecule has 1 aromatic heterocycles. The van der Waals surface area contributed by atoms with E-state index in [1.807, 2.05) is 24.9 Å². The lowest BCUT2D eigenvalue weighted by molar-refractivity contribution is 0.622. The first-order valence-corrected chi connectivity index (χ1v) is 7.12. The largest absolute Gasteiger partial charge is 0.368 e. The van der Waals surface area contributed by atoms with Crippen molar-refractivity contribution in [3.05, 3.63) is 46.2 Å². The summed E-state index contributed by atoms with van der Waals surface area (Å²) in [4.78, 5) is 6.34. The molecule has 0 aliphatic rings. The Morgan fingerprint density at radius 3 is 2.89 bits per heavy atom. The number of nitrogens with zero attached hydrogens (tertiary/aromatic N) is 2. The summed E-state index contributed by atoms with van der Waals surface area (Å²) in [6, 6.07) is 4.86. The third kappa shape index (κ3) is 3.75. The van der Waals surface area contributed by atoms with Crippen LogP contribution in [-0.2, 0) is 13.0 Å². The molecule has 1 heterocycles. The van der Waals surface area contributed by atoms with Gasteiger partial charge in [0.05, 0.1) is 17.7 Å². The number of halogens is 1. The molecule has 3 nitrogen and oxygen atoms in total. The maximum atomic E-state index is 13.4. The van der Waals surface area contributed by atoms with Crippen molar-refractivity contribution in [2.75, 3.05) is 11.9 Å². The third-order valence-corrected chi connectivity index (χ3v) is 3.51. The SMILES string of the molecule is CC(N)Cc1cc(F)ccc1N(C)Cc1cscn1. The molecule has 1 atom stereocenters. The topological polar surface area (TPSA) is 42.1 Å². The van der Waals surface area contributed by atoms with Crippen LogP contribution in [0.25, 0.3) is 0 Å². The maximum absolute atomic E-state index is 13.4. The Kier molecular flexibility index (Phi) is 4.50. The molecular formula is C14H18FN3S. The summed E-state index contributed by atoms with van der Waals surface area (Å²) in [6.07, 6.45) is 0.661. The number of hydrogen-bond acceptors (Lipinski definition) is 4. The quantitative estimate of drug-likeness (QED) is 0.915. The molecule has 0 fully saturated rings. The lowest BCUT2D eigenvalue weighted by Crippen LogP contribution is -2.22. The molecule has 19 heavy (non-hydrogen) atoms. The number of rotatable bonds is 5. The highest BCUT2D eigenvalue weighted by atomic mass is 32.1. The zero-order chi connectivity index (χ0) is 13.8. The van der Waals surface area contributed by atoms with Crippen molar-refractivity contribution >= 4 is 17.0 Å². The Morgan fingerprint density at radius 2 is 2.26 bits per heavy atom. The lowest BCUT2D eigenvalue weighted by atomic mass is 10.0. The Balaban J connectivity index is 2.22. The minimum absolute atomic E-state index is 0.00761. The van der Waals surface area contributed by atoms with Crippen LogP contribution < -0.4 is 10.6 Å². The first-order chi connectivity index (χ1) is 9.06. The van der Waals surface area contributed by atoms with E-state index in [2.05, 4.69) is 9.88 Å². The van der Waals surface area contributed by atoms with Crippen LogP contribution in [0.15, 0.2) is 29.1 Å². The predicted octanol–water partition coefficient (Wildman–Crippen LogP) is 2.81. The molecule has 0 radical (unpaired) electrons. The van der Waals surface area contributed by atoms with Crippen molar-refractivity contribution in [1.29, 1.82) is 0 Å². The summed E-state index contributed by atoms with van der Waals surface area (Å²) >= 11 is 1.58. The van der Waals surface area contributed by atoms with E-state index in [4.69, 9.17) is 5.73 Å². The van der Waals surface area contributed by atoms with Crippen LogP contribution in [0.1, 0.15) is 18.2 Å². The smallest absolute Gasteiger partial charge is 0.123 e. The second kappa shape index (κ2) is 6.12. The molecule has 0 aliphatic heterocycles. The zero-order valence-corrected chi connectivity index (χ0v) is 12.0. The van der Waals surface area contributed by atoms with E-state index in [1.54, 1.807) is 23.5 Å². The van der Waals surface area contributed by atoms with Gasteiger partial charge < -0.3 is 10.6 Å². The molecule has 0 saturated heterocycles. The van der Waals surface area contributed by atoms with Gasteiger partial charge in [-0.05, 0) is 37.1 Å². The van der Waals surface area contributed by atoms with Gasteiger partial charge in [0.25, 0.3) is 0 Å². The number of aromatic nitrogens is 1. The summed E-state index contributed by atoms with van der Waals surface area (Å²) in [5.41, 5.74) is 10.6. The van der Waals surface area contributed by atoms with Gasteiger partial charge >= 0.3 is 0 Å². The van der Waals surface area contributed by atoms with Crippen LogP contribution in [0.3, 0.4) is 0 Å². The first kappa shape index (κ1) is 14.0. The van der Waals surface area contributed by atoms with Crippen molar-refractivity contribution in [3.63, 3.8) is 0 Å². The highest BCUT2D eigenvalue weighted by Crippen LogP contribution is 2.23. The molecule has 1 aromatic carbocycles. The van der Waals surface area contributed by atoms with Crippen LogP contribution in [0.5, 0.6) is 0 Å². The van der Waals surface area contributed by atoms with Crippen LogP contribution >= 0.6 is 11.3 Å². The minimum atomic E-state index is -0.221. The van der Waals surface area contributed by atoms with E-state index in [0.717, 1.165) is 16.9 Å². The molecule has 0 saturated carbocycles. The molecule has 0 bridgehead atoms. The predicted molar refractivity (Wildman–Crippen MR) is 78.0 cm³/mol. The Morgan fingerprint density at radius 1 is 1.47 bits per heavy atom. The average molecular weight is 279 g/mol. The van der Waals surface area contributed by atoms with E-state index in [0.29, 0.717) is 13.0 Å². The van der Waals surface area contributed by atoms with E-state index in [1.165, 1.54) is 6.07 Å². The van der Waals surface area contributed by atoms with E-state index in [-0.39, 0.29) is 11.9 Å². The highest BCUT2D eigenvalue weighted by Gasteiger charge is 2.11. The lowest BCUT2D eigenvalue weighted by Gasteiger charge is -2.22. The first-order valence-electron chi connectivity index (χ1n) is 6.18. The number of thiazole rings is 1. The molecule has 102 valence electrons. The van der Waals surface area contributed by atoms with Crippen LogP contribution in [0, 0.1) is 5.82 Å². The van der Waals surface area contributed by atoms with Gasteiger partial charge in [-0.3, -0.25) is 0 Å². The molecule has 0 aliphatic carbocycles. The molecular weight excluding hydrogens is 261 g/mol. The van der Waals surface area contributed by atoms with Crippen molar-refractivity contribution in [2.24, 2.45) is 5.73 Å². The van der Waals surface area contributed by atoms with Gasteiger partial charge in [0, 0.05) is 24.2 Å². The van der Waals surface area contributed by atoms with Gasteiger partial charge in [0.15, 0.2) is 0 Å². The molecule has 0 amide bonds. The van der Waals surface area contributed by atoms with Crippen molar-refractivity contribution < 1.29 is 4.39 Å². The second-order valence-corrected chi connectivity index (χ2v) is 5.51. The van der Waals surface area contributed by atoms with Crippen molar-refractivity contribution in [2.45, 2.75) is 25.9 Å².